The average Bonchev–Trinajstić information content (AvgIpc) is 2.56. The van der Waals surface area contributed by atoms with Crippen LogP contribution >= 0.6 is 0 Å². The number of rotatable bonds is 3. The highest BCUT2D eigenvalue weighted by atomic mass is 16.2. The molecule has 1 aliphatic heterocycles. The van der Waals surface area contributed by atoms with E-state index in [2.05, 4.69) is 51.2 Å². The molecule has 3 nitrogen and oxygen atoms in total. The van der Waals surface area contributed by atoms with Gasteiger partial charge in [-0.1, -0.05) is 19.9 Å². The molecule has 1 atom stereocenters. The van der Waals surface area contributed by atoms with Crippen LogP contribution in [0.3, 0.4) is 0 Å². The highest BCUT2D eigenvalue weighted by Gasteiger charge is 2.30. The number of carbonyl (C=O) groups is 1. The van der Waals surface area contributed by atoms with Gasteiger partial charge in [-0.15, -0.1) is 0 Å². The number of anilines is 1. The molecule has 1 fully saturated rings. The number of nitrogens with one attached hydrogen (secondary N) is 1. The Balaban J connectivity index is 2.16. The second-order valence-electron chi connectivity index (χ2n) is 5.57. The quantitative estimate of drug-likeness (QED) is 0.888. The molecule has 1 amide bonds. The molecule has 1 aromatic carbocycles. The first kappa shape index (κ1) is 13.1. The normalized spacial score (nSPS) is 19.9. The highest BCUT2D eigenvalue weighted by molar-refractivity contribution is 5.96. The zero-order chi connectivity index (χ0) is 13.3. The zero-order valence-electron chi connectivity index (χ0n) is 11.7. The summed E-state index contributed by atoms with van der Waals surface area (Å²) in [5, 5.41) is 3.44. The van der Waals surface area contributed by atoms with Gasteiger partial charge in [-0.05, 0) is 37.1 Å². The van der Waals surface area contributed by atoms with Crippen LogP contribution in [0.15, 0.2) is 18.2 Å². The van der Waals surface area contributed by atoms with E-state index in [9.17, 15) is 4.79 Å². The van der Waals surface area contributed by atoms with Crippen LogP contribution in [0, 0.1) is 13.8 Å². The molecule has 0 spiro atoms. The molecule has 1 N–H and O–H groups in total. The third-order valence-electron chi connectivity index (χ3n) is 3.21. The SMILES string of the molecule is Cc1cc(C)cc(N2CC(NC(C)C)CC2=O)c1. The summed E-state index contributed by atoms with van der Waals surface area (Å²) in [6.45, 7) is 9.15. The van der Waals surface area contributed by atoms with Crippen molar-refractivity contribution in [2.24, 2.45) is 0 Å². The topological polar surface area (TPSA) is 32.3 Å². The molecule has 18 heavy (non-hydrogen) atoms. The van der Waals surface area contributed by atoms with Gasteiger partial charge in [0.2, 0.25) is 5.91 Å². The number of aryl methyl sites for hydroxylation is 2. The van der Waals surface area contributed by atoms with E-state index in [1.165, 1.54) is 11.1 Å². The molecule has 1 aromatic rings. The minimum Gasteiger partial charge on any atom is -0.311 e. The predicted molar refractivity (Wildman–Crippen MR) is 74.9 cm³/mol. The molecule has 0 saturated carbocycles. The lowest BCUT2D eigenvalue weighted by molar-refractivity contribution is -0.117. The summed E-state index contributed by atoms with van der Waals surface area (Å²) in [4.78, 5) is 14.0. The van der Waals surface area contributed by atoms with Crippen LogP contribution in [-0.2, 0) is 4.79 Å². The lowest BCUT2D eigenvalue weighted by Crippen LogP contribution is -2.37. The Morgan fingerprint density at radius 1 is 1.22 bits per heavy atom. The van der Waals surface area contributed by atoms with Crippen LogP contribution in [0.1, 0.15) is 31.4 Å². The van der Waals surface area contributed by atoms with Crippen LogP contribution in [0.2, 0.25) is 0 Å². The first-order valence-electron chi connectivity index (χ1n) is 6.60. The largest absolute Gasteiger partial charge is 0.311 e. The molecule has 3 heteroatoms. The summed E-state index contributed by atoms with van der Waals surface area (Å²) < 4.78 is 0. The average molecular weight is 246 g/mol. The van der Waals surface area contributed by atoms with Crippen LogP contribution < -0.4 is 10.2 Å². The number of hydrogen-bond acceptors (Lipinski definition) is 2. The van der Waals surface area contributed by atoms with Crippen LogP contribution in [-0.4, -0.2) is 24.5 Å². The first-order valence-corrected chi connectivity index (χ1v) is 6.60. The number of nitrogens with zero attached hydrogens (tertiary/aromatic N) is 1. The molecule has 1 unspecified atom stereocenters. The molecule has 0 aromatic heterocycles. The maximum atomic E-state index is 12.1. The summed E-state index contributed by atoms with van der Waals surface area (Å²) in [7, 11) is 0. The maximum Gasteiger partial charge on any atom is 0.228 e. The molecule has 2 rings (SSSR count). The van der Waals surface area contributed by atoms with Gasteiger partial charge < -0.3 is 10.2 Å². The summed E-state index contributed by atoms with van der Waals surface area (Å²) in [6, 6.07) is 7.00. The minimum atomic E-state index is 0.221. The van der Waals surface area contributed by atoms with Crippen molar-refractivity contribution >= 4 is 11.6 Å². The molecular weight excluding hydrogens is 224 g/mol. The Morgan fingerprint density at radius 3 is 2.39 bits per heavy atom. The molecule has 0 radical (unpaired) electrons. The molecule has 1 aliphatic rings. The fourth-order valence-electron chi connectivity index (χ4n) is 2.65. The van der Waals surface area contributed by atoms with Crippen LogP contribution in [0.25, 0.3) is 0 Å². The predicted octanol–water partition coefficient (Wildman–Crippen LogP) is 2.41. The smallest absolute Gasteiger partial charge is 0.228 e. The lowest BCUT2D eigenvalue weighted by Gasteiger charge is -2.19. The van der Waals surface area contributed by atoms with E-state index in [0.29, 0.717) is 12.5 Å². The molecule has 0 aliphatic carbocycles. The summed E-state index contributed by atoms with van der Waals surface area (Å²) in [6.07, 6.45) is 0.602. The molecular formula is C15H22N2O. The van der Waals surface area contributed by atoms with Crippen molar-refractivity contribution < 1.29 is 4.79 Å². The number of carbonyl (C=O) groups excluding carboxylic acids is 1. The summed E-state index contributed by atoms with van der Waals surface area (Å²) in [5.41, 5.74) is 3.45. The number of amides is 1. The highest BCUT2D eigenvalue weighted by Crippen LogP contribution is 2.24. The first-order chi connectivity index (χ1) is 8.45. The number of hydrogen-bond donors (Lipinski definition) is 1. The Labute approximate surface area is 109 Å². The van der Waals surface area contributed by atoms with Gasteiger partial charge in [0.05, 0.1) is 0 Å². The van der Waals surface area contributed by atoms with Gasteiger partial charge in [-0.2, -0.15) is 0 Å². The van der Waals surface area contributed by atoms with E-state index in [4.69, 9.17) is 0 Å². The molecule has 0 bridgehead atoms. The van der Waals surface area contributed by atoms with Crippen molar-refractivity contribution in [2.45, 2.75) is 46.2 Å². The summed E-state index contributed by atoms with van der Waals surface area (Å²) >= 11 is 0. The Kier molecular flexibility index (Phi) is 3.71. The maximum absolute atomic E-state index is 12.1. The summed E-state index contributed by atoms with van der Waals surface area (Å²) in [5.74, 6) is 0.221. The minimum absolute atomic E-state index is 0.221. The van der Waals surface area contributed by atoms with Crippen LogP contribution in [0.4, 0.5) is 5.69 Å². The van der Waals surface area contributed by atoms with Gasteiger partial charge in [-0.25, -0.2) is 0 Å². The number of benzene rings is 1. The van der Waals surface area contributed by atoms with Gasteiger partial charge in [-0.3, -0.25) is 4.79 Å². The Morgan fingerprint density at radius 2 is 1.83 bits per heavy atom. The van der Waals surface area contributed by atoms with Crippen molar-refractivity contribution in [3.05, 3.63) is 29.3 Å². The van der Waals surface area contributed by atoms with E-state index >= 15 is 0 Å². The van der Waals surface area contributed by atoms with Crippen molar-refractivity contribution in [3.63, 3.8) is 0 Å². The van der Waals surface area contributed by atoms with Crippen molar-refractivity contribution in [3.8, 4) is 0 Å². The second-order valence-corrected chi connectivity index (χ2v) is 5.57. The Hall–Kier alpha value is -1.35. The van der Waals surface area contributed by atoms with Gasteiger partial charge in [0.15, 0.2) is 0 Å². The lowest BCUT2D eigenvalue weighted by atomic mass is 10.1. The standard InChI is InChI=1S/C15H22N2O/c1-10(2)16-13-8-15(18)17(9-13)14-6-11(3)5-12(4)7-14/h5-7,10,13,16H,8-9H2,1-4H3. The van der Waals surface area contributed by atoms with Crippen molar-refractivity contribution in [1.29, 1.82) is 0 Å². The fourth-order valence-corrected chi connectivity index (χ4v) is 2.65. The fraction of sp³-hybridized carbons (Fsp3) is 0.533. The van der Waals surface area contributed by atoms with E-state index in [1.807, 2.05) is 4.90 Å². The van der Waals surface area contributed by atoms with Crippen molar-refractivity contribution in [2.75, 3.05) is 11.4 Å². The van der Waals surface area contributed by atoms with E-state index in [0.717, 1.165) is 12.2 Å². The van der Waals surface area contributed by atoms with Crippen LogP contribution in [0.5, 0.6) is 0 Å². The second kappa shape index (κ2) is 5.11. The van der Waals surface area contributed by atoms with E-state index < -0.39 is 0 Å². The van der Waals surface area contributed by atoms with Gasteiger partial charge in [0.25, 0.3) is 0 Å². The van der Waals surface area contributed by atoms with Gasteiger partial charge in [0, 0.05) is 30.7 Å². The molecule has 98 valence electrons. The molecule has 1 saturated heterocycles. The monoisotopic (exact) mass is 246 g/mol. The van der Waals surface area contributed by atoms with Gasteiger partial charge in [0.1, 0.15) is 0 Å². The van der Waals surface area contributed by atoms with Gasteiger partial charge >= 0.3 is 0 Å². The van der Waals surface area contributed by atoms with Crippen molar-refractivity contribution in [1.82, 2.24) is 5.32 Å². The van der Waals surface area contributed by atoms with E-state index in [-0.39, 0.29) is 11.9 Å². The third kappa shape index (κ3) is 2.91. The zero-order valence-corrected chi connectivity index (χ0v) is 11.7. The molecule has 1 heterocycles. The Bertz CT molecular complexity index is 434. The van der Waals surface area contributed by atoms with E-state index in [1.54, 1.807) is 0 Å². The third-order valence-corrected chi connectivity index (χ3v) is 3.21.